The third-order valence-electron chi connectivity index (χ3n) is 11.1. The van der Waals surface area contributed by atoms with Crippen LogP contribution in [0.3, 0.4) is 0 Å². The molecule has 10 nitrogen and oxygen atoms in total. The quantitative estimate of drug-likeness (QED) is 0.307. The van der Waals surface area contributed by atoms with Crippen molar-refractivity contribution in [2.45, 2.75) is 89.8 Å². The van der Waals surface area contributed by atoms with Gasteiger partial charge >= 0.3 is 13.1 Å². The van der Waals surface area contributed by atoms with Crippen LogP contribution < -0.4 is 15.4 Å². The van der Waals surface area contributed by atoms with Crippen molar-refractivity contribution in [2.24, 2.45) is 29.1 Å². The number of hydrogen-bond acceptors (Lipinski definition) is 7. The summed E-state index contributed by atoms with van der Waals surface area (Å²) in [5.41, 5.74) is 0.529. The SMILES string of the molecule is COc1c(C[C@H](NC(=O)CC2CCC(CNC(=O)CN(C)C)CC2)B2OC3CC4CC(C4(C)C)C3(C)O2)cccc1C(=O)O. The lowest BCUT2D eigenvalue weighted by atomic mass is 9.43. The van der Waals surface area contributed by atoms with Crippen LogP contribution >= 0.6 is 0 Å². The van der Waals surface area contributed by atoms with Crippen LogP contribution in [0.1, 0.15) is 81.6 Å². The minimum atomic E-state index is -1.06. The molecule has 1 aromatic rings. The number of carbonyl (C=O) groups is 3. The molecule has 4 unspecified atom stereocenters. The van der Waals surface area contributed by atoms with Gasteiger partial charge in [0.15, 0.2) is 0 Å². The largest absolute Gasteiger partial charge is 0.496 e. The number of hydrogen-bond donors (Lipinski definition) is 3. The van der Waals surface area contributed by atoms with E-state index >= 15 is 0 Å². The molecule has 242 valence electrons. The number of aromatic carboxylic acids is 1. The van der Waals surface area contributed by atoms with Crippen LogP contribution in [0.5, 0.6) is 5.75 Å². The van der Waals surface area contributed by atoms with Crippen molar-refractivity contribution in [3.05, 3.63) is 29.3 Å². The molecule has 2 bridgehead atoms. The fraction of sp³-hybridized carbons (Fsp3) is 0.727. The average Bonchev–Trinajstić information content (AvgIpc) is 3.33. The molecule has 4 saturated carbocycles. The van der Waals surface area contributed by atoms with Crippen molar-refractivity contribution >= 4 is 24.9 Å². The zero-order valence-electron chi connectivity index (χ0n) is 27.2. The van der Waals surface area contributed by atoms with Gasteiger partial charge in [0, 0.05) is 13.0 Å². The maximum absolute atomic E-state index is 13.6. The van der Waals surface area contributed by atoms with Crippen molar-refractivity contribution in [1.82, 2.24) is 15.5 Å². The first kappa shape index (κ1) is 32.8. The molecule has 1 heterocycles. The van der Waals surface area contributed by atoms with E-state index in [1.807, 2.05) is 25.1 Å². The highest BCUT2D eigenvalue weighted by Gasteiger charge is 2.68. The number of amides is 2. The molecule has 1 aromatic carbocycles. The predicted octanol–water partition coefficient (Wildman–Crippen LogP) is 3.56. The fourth-order valence-corrected chi connectivity index (χ4v) is 8.45. The zero-order valence-corrected chi connectivity index (χ0v) is 27.2. The van der Waals surface area contributed by atoms with Gasteiger partial charge < -0.3 is 34.7 Å². The van der Waals surface area contributed by atoms with E-state index in [2.05, 4.69) is 31.4 Å². The Morgan fingerprint density at radius 3 is 2.43 bits per heavy atom. The molecule has 5 fully saturated rings. The second-order valence-corrected chi connectivity index (χ2v) is 14.7. The standard InChI is InChI=1S/C33H50BN3O7/c1-32(2)23-16-25(32)33(3)26(17-23)43-34(44-33)27(15-22-8-7-9-24(31(40)41)30(22)42-6)36-28(38)14-20-10-12-21(13-11-20)18-35-29(39)19-37(4)5/h7-9,20-21,23,25-27H,10-19H2,1-6H3,(H,35,39)(H,36,38)(H,40,41)/t20?,21?,23?,25?,26?,27-,33?/m0/s1. The lowest BCUT2D eigenvalue weighted by Crippen LogP contribution is -2.65. The van der Waals surface area contributed by atoms with Crippen molar-refractivity contribution < 1.29 is 33.5 Å². The molecule has 6 rings (SSSR count). The summed E-state index contributed by atoms with van der Waals surface area (Å²) < 4.78 is 18.9. The van der Waals surface area contributed by atoms with Gasteiger partial charge in [-0.05, 0) is 107 Å². The Kier molecular flexibility index (Phi) is 9.68. The smallest absolute Gasteiger partial charge is 0.482 e. The Morgan fingerprint density at radius 2 is 1.80 bits per heavy atom. The van der Waals surface area contributed by atoms with Gasteiger partial charge in [-0.2, -0.15) is 0 Å². The number of methoxy groups -OCH3 is 1. The van der Waals surface area contributed by atoms with Crippen molar-refractivity contribution in [1.29, 1.82) is 0 Å². The minimum Gasteiger partial charge on any atom is -0.496 e. The molecule has 44 heavy (non-hydrogen) atoms. The summed E-state index contributed by atoms with van der Waals surface area (Å²) in [6.45, 7) is 7.86. The van der Waals surface area contributed by atoms with Gasteiger partial charge in [-0.3, -0.25) is 9.59 Å². The number of nitrogens with one attached hydrogen (secondary N) is 2. The van der Waals surface area contributed by atoms with Crippen LogP contribution in [-0.4, -0.2) is 86.8 Å². The molecule has 0 radical (unpaired) electrons. The molecule has 3 N–H and O–H groups in total. The van der Waals surface area contributed by atoms with Gasteiger partial charge in [-0.1, -0.05) is 26.0 Å². The zero-order chi connectivity index (χ0) is 31.8. The maximum atomic E-state index is 13.6. The molecule has 5 aliphatic rings. The third kappa shape index (κ3) is 6.65. The van der Waals surface area contributed by atoms with Crippen molar-refractivity contribution in [3.63, 3.8) is 0 Å². The normalized spacial score (nSPS) is 31.1. The summed E-state index contributed by atoms with van der Waals surface area (Å²) in [5, 5.41) is 16.0. The van der Waals surface area contributed by atoms with E-state index < -0.39 is 24.6 Å². The summed E-state index contributed by atoms with van der Waals surface area (Å²) in [6, 6.07) is 5.07. The van der Waals surface area contributed by atoms with Gasteiger partial charge in [-0.25, -0.2) is 4.79 Å². The molecule has 2 amide bonds. The molecule has 11 heteroatoms. The van der Waals surface area contributed by atoms with Gasteiger partial charge in [-0.15, -0.1) is 0 Å². The molecule has 4 aliphatic carbocycles. The van der Waals surface area contributed by atoms with Gasteiger partial charge in [0.1, 0.15) is 11.3 Å². The van der Waals surface area contributed by atoms with E-state index in [0.717, 1.165) is 38.5 Å². The van der Waals surface area contributed by atoms with Crippen LogP contribution in [0.4, 0.5) is 0 Å². The molecule has 1 saturated heterocycles. The van der Waals surface area contributed by atoms with E-state index in [0.29, 0.717) is 55.0 Å². The van der Waals surface area contributed by atoms with E-state index in [1.54, 1.807) is 6.07 Å². The Labute approximate surface area is 262 Å². The monoisotopic (exact) mass is 611 g/mol. The van der Waals surface area contributed by atoms with Crippen LogP contribution in [0, 0.1) is 29.1 Å². The molecular weight excluding hydrogens is 561 g/mol. The van der Waals surface area contributed by atoms with Crippen molar-refractivity contribution in [2.75, 3.05) is 34.3 Å². The number of likely N-dealkylation sites (N-methyl/N-ethyl adjacent to an activating group) is 1. The highest BCUT2D eigenvalue weighted by molar-refractivity contribution is 6.48. The molecule has 0 aromatic heterocycles. The Hall–Kier alpha value is -2.63. The molecule has 5 atom stereocenters. The first-order chi connectivity index (χ1) is 20.8. The second-order valence-electron chi connectivity index (χ2n) is 14.7. The number of rotatable bonds is 12. The van der Waals surface area contributed by atoms with E-state index in [1.165, 1.54) is 13.2 Å². The molecule has 0 spiro atoms. The van der Waals surface area contributed by atoms with Crippen LogP contribution in [0.15, 0.2) is 18.2 Å². The van der Waals surface area contributed by atoms with Gasteiger partial charge in [0.2, 0.25) is 11.8 Å². The first-order valence-corrected chi connectivity index (χ1v) is 16.2. The number of para-hydroxylation sites is 1. The maximum Gasteiger partial charge on any atom is 0.482 e. The van der Waals surface area contributed by atoms with E-state index in [9.17, 15) is 19.5 Å². The van der Waals surface area contributed by atoms with Crippen LogP contribution in [0.25, 0.3) is 0 Å². The highest BCUT2D eigenvalue weighted by Crippen LogP contribution is 2.65. The molecular formula is C33H50BN3O7. The number of carboxylic acid groups (broad SMARTS) is 1. The van der Waals surface area contributed by atoms with Gasteiger partial charge in [0.05, 0.1) is 31.3 Å². The lowest BCUT2D eigenvalue weighted by Gasteiger charge is -2.64. The molecule has 1 aliphatic heterocycles. The second kappa shape index (κ2) is 13.0. The van der Waals surface area contributed by atoms with Gasteiger partial charge in [0.25, 0.3) is 0 Å². The third-order valence-corrected chi connectivity index (χ3v) is 11.1. The number of carbonyl (C=O) groups excluding carboxylic acids is 2. The lowest BCUT2D eigenvalue weighted by molar-refractivity contribution is -0.199. The summed E-state index contributed by atoms with van der Waals surface area (Å²) in [7, 11) is 4.58. The van der Waals surface area contributed by atoms with Crippen LogP contribution in [-0.2, 0) is 25.3 Å². The summed E-state index contributed by atoms with van der Waals surface area (Å²) in [4.78, 5) is 39.4. The van der Waals surface area contributed by atoms with Crippen molar-refractivity contribution in [3.8, 4) is 5.75 Å². The predicted molar refractivity (Wildman–Crippen MR) is 167 cm³/mol. The number of carboxylic acids is 1. The average molecular weight is 612 g/mol. The number of nitrogens with zero attached hydrogens (tertiary/aromatic N) is 1. The topological polar surface area (TPSA) is 126 Å². The Morgan fingerprint density at radius 1 is 1.09 bits per heavy atom. The van der Waals surface area contributed by atoms with E-state index in [-0.39, 0.29) is 34.8 Å². The minimum absolute atomic E-state index is 0.0376. The summed E-state index contributed by atoms with van der Waals surface area (Å²) in [5.74, 6) is 0.395. The van der Waals surface area contributed by atoms with Crippen LogP contribution in [0.2, 0.25) is 0 Å². The summed E-state index contributed by atoms with van der Waals surface area (Å²) in [6.07, 6.45) is 6.60. The number of benzene rings is 1. The fourth-order valence-electron chi connectivity index (χ4n) is 8.45. The number of ether oxygens (including phenoxy) is 1. The summed E-state index contributed by atoms with van der Waals surface area (Å²) >= 11 is 0. The first-order valence-electron chi connectivity index (χ1n) is 16.2. The van der Waals surface area contributed by atoms with E-state index in [4.69, 9.17) is 14.0 Å². The highest BCUT2D eigenvalue weighted by atomic mass is 16.7. The Balaban J connectivity index is 1.25. The Bertz CT molecular complexity index is 1230.